The highest BCUT2D eigenvalue weighted by Crippen LogP contribution is 1.98. The van der Waals surface area contributed by atoms with Crippen LogP contribution in [-0.4, -0.2) is 24.9 Å². The van der Waals surface area contributed by atoms with Gasteiger partial charge < -0.3 is 4.90 Å². The summed E-state index contributed by atoms with van der Waals surface area (Å²) in [5.74, 6) is -0.244. The third-order valence-electron chi connectivity index (χ3n) is 0.638. The number of nitrogens with zero attached hydrogens (tertiary/aromatic N) is 1. The lowest BCUT2D eigenvalue weighted by Gasteiger charge is -2.06. The van der Waals surface area contributed by atoms with Crippen molar-refractivity contribution >= 4 is 17.5 Å². The summed E-state index contributed by atoms with van der Waals surface area (Å²) in [5.41, 5.74) is 0. The van der Waals surface area contributed by atoms with Gasteiger partial charge in [-0.1, -0.05) is 18.2 Å². The van der Waals surface area contributed by atoms with E-state index in [9.17, 15) is 4.79 Å². The predicted molar refractivity (Wildman–Crippen MR) is 33.7 cm³/mol. The molecule has 0 fully saturated rings. The van der Waals surface area contributed by atoms with Gasteiger partial charge in [-0.15, -0.1) is 0 Å². The van der Waals surface area contributed by atoms with Crippen LogP contribution in [0.3, 0.4) is 0 Å². The topological polar surface area (TPSA) is 20.3 Å². The quantitative estimate of drug-likeness (QED) is 0.485. The van der Waals surface area contributed by atoms with E-state index in [2.05, 4.69) is 6.58 Å². The Morgan fingerprint density at radius 3 is 2.00 bits per heavy atom. The van der Waals surface area contributed by atoms with Crippen molar-refractivity contribution in [1.82, 2.24) is 4.90 Å². The molecule has 0 aromatic heterocycles. The van der Waals surface area contributed by atoms with Gasteiger partial charge in [0.1, 0.15) is 0 Å². The van der Waals surface area contributed by atoms with E-state index in [1.54, 1.807) is 14.1 Å². The molecule has 0 saturated heterocycles. The standard InChI is InChI=1S/C5H8ClNO/c1-4(6)5(8)7(2)3/h1H2,2-3H3. The Hall–Kier alpha value is -0.500. The third-order valence-corrected chi connectivity index (χ3v) is 0.800. The fourth-order valence-corrected chi connectivity index (χ4v) is 0.412. The Bertz CT molecular complexity index is 120. The molecule has 0 radical (unpaired) electrons. The molecule has 0 rings (SSSR count). The van der Waals surface area contributed by atoms with Gasteiger partial charge in [-0.25, -0.2) is 0 Å². The lowest BCUT2D eigenvalue weighted by atomic mass is 10.5. The van der Waals surface area contributed by atoms with Gasteiger partial charge in [0, 0.05) is 14.1 Å². The molecule has 0 aliphatic carbocycles. The van der Waals surface area contributed by atoms with Crippen molar-refractivity contribution in [3.8, 4) is 0 Å². The highest BCUT2D eigenvalue weighted by atomic mass is 35.5. The summed E-state index contributed by atoms with van der Waals surface area (Å²) < 4.78 is 0. The molecule has 0 aliphatic rings. The molecule has 8 heavy (non-hydrogen) atoms. The second-order valence-electron chi connectivity index (χ2n) is 1.60. The smallest absolute Gasteiger partial charge is 0.264 e. The number of carbonyl (C=O) groups excluding carboxylic acids is 1. The Balaban J connectivity index is 3.84. The van der Waals surface area contributed by atoms with Crippen LogP contribution in [0.1, 0.15) is 0 Å². The molecular formula is C5H8ClNO. The monoisotopic (exact) mass is 133 g/mol. The molecule has 0 aromatic rings. The first-order valence-corrected chi connectivity index (χ1v) is 2.49. The first-order chi connectivity index (χ1) is 3.55. The van der Waals surface area contributed by atoms with Crippen LogP contribution < -0.4 is 0 Å². The van der Waals surface area contributed by atoms with Gasteiger partial charge in [-0.2, -0.15) is 0 Å². The number of hydrogen-bond acceptors (Lipinski definition) is 1. The maximum absolute atomic E-state index is 10.5. The molecule has 0 saturated carbocycles. The Labute approximate surface area is 53.7 Å². The van der Waals surface area contributed by atoms with Crippen molar-refractivity contribution in [1.29, 1.82) is 0 Å². The number of rotatable bonds is 1. The number of halogens is 1. The number of amides is 1. The highest BCUT2D eigenvalue weighted by Gasteiger charge is 2.03. The molecule has 1 amide bonds. The molecule has 0 aromatic carbocycles. The summed E-state index contributed by atoms with van der Waals surface area (Å²) in [6.07, 6.45) is 0. The van der Waals surface area contributed by atoms with Crippen LogP contribution >= 0.6 is 11.6 Å². The van der Waals surface area contributed by atoms with E-state index in [-0.39, 0.29) is 10.9 Å². The fourth-order valence-electron chi connectivity index (χ4n) is 0.243. The van der Waals surface area contributed by atoms with Gasteiger partial charge in [0.25, 0.3) is 5.91 Å². The largest absolute Gasteiger partial charge is 0.344 e. The molecule has 46 valence electrons. The molecule has 0 aliphatic heterocycles. The first-order valence-electron chi connectivity index (χ1n) is 2.11. The molecular weight excluding hydrogens is 126 g/mol. The minimum atomic E-state index is -0.244. The Kier molecular flexibility index (Phi) is 2.55. The zero-order valence-corrected chi connectivity index (χ0v) is 5.70. The van der Waals surface area contributed by atoms with Crippen LogP contribution in [0.2, 0.25) is 0 Å². The molecule has 0 spiro atoms. The molecule has 0 atom stereocenters. The Morgan fingerprint density at radius 1 is 1.62 bits per heavy atom. The SMILES string of the molecule is C=C(Cl)C(=O)N(C)C. The minimum absolute atomic E-state index is 0.0509. The van der Waals surface area contributed by atoms with Crippen molar-refractivity contribution in [2.24, 2.45) is 0 Å². The second kappa shape index (κ2) is 2.72. The van der Waals surface area contributed by atoms with Crippen LogP contribution in [0.4, 0.5) is 0 Å². The van der Waals surface area contributed by atoms with E-state index in [1.165, 1.54) is 4.90 Å². The molecule has 0 N–H and O–H groups in total. The number of carbonyl (C=O) groups is 1. The van der Waals surface area contributed by atoms with Crippen molar-refractivity contribution in [3.63, 3.8) is 0 Å². The molecule has 0 heterocycles. The van der Waals surface area contributed by atoms with Crippen LogP contribution in [0, 0.1) is 0 Å². The summed E-state index contributed by atoms with van der Waals surface area (Å²) >= 11 is 5.24. The number of likely N-dealkylation sites (N-methyl/N-ethyl adjacent to an activating group) is 1. The van der Waals surface area contributed by atoms with Crippen LogP contribution in [-0.2, 0) is 4.79 Å². The van der Waals surface area contributed by atoms with Gasteiger partial charge in [-0.3, -0.25) is 4.79 Å². The average molecular weight is 134 g/mol. The summed E-state index contributed by atoms with van der Waals surface area (Å²) in [5, 5.41) is 0.0509. The molecule has 3 heteroatoms. The van der Waals surface area contributed by atoms with E-state index in [0.717, 1.165) is 0 Å². The predicted octanol–water partition coefficient (Wildman–Crippen LogP) is 0.827. The number of hydrogen-bond donors (Lipinski definition) is 0. The van der Waals surface area contributed by atoms with Crippen molar-refractivity contribution in [2.45, 2.75) is 0 Å². The van der Waals surface area contributed by atoms with Crippen molar-refractivity contribution in [3.05, 3.63) is 11.6 Å². The van der Waals surface area contributed by atoms with E-state index in [0.29, 0.717) is 0 Å². The summed E-state index contributed by atoms with van der Waals surface area (Å²) in [6.45, 7) is 3.25. The van der Waals surface area contributed by atoms with E-state index >= 15 is 0 Å². The fraction of sp³-hybridized carbons (Fsp3) is 0.400. The summed E-state index contributed by atoms with van der Waals surface area (Å²) in [6, 6.07) is 0. The second-order valence-corrected chi connectivity index (χ2v) is 2.06. The molecule has 2 nitrogen and oxygen atoms in total. The summed E-state index contributed by atoms with van der Waals surface area (Å²) in [4.78, 5) is 11.9. The van der Waals surface area contributed by atoms with Gasteiger partial charge >= 0.3 is 0 Å². The maximum Gasteiger partial charge on any atom is 0.264 e. The zero-order valence-electron chi connectivity index (χ0n) is 4.94. The average Bonchev–Trinajstić information content (AvgIpc) is 1.64. The summed E-state index contributed by atoms with van der Waals surface area (Å²) in [7, 11) is 3.24. The van der Waals surface area contributed by atoms with Crippen LogP contribution in [0.25, 0.3) is 0 Å². The van der Waals surface area contributed by atoms with E-state index in [4.69, 9.17) is 11.6 Å². The lowest BCUT2D eigenvalue weighted by Crippen LogP contribution is -2.20. The van der Waals surface area contributed by atoms with Crippen molar-refractivity contribution in [2.75, 3.05) is 14.1 Å². The third kappa shape index (κ3) is 1.98. The van der Waals surface area contributed by atoms with Gasteiger partial charge in [0.2, 0.25) is 0 Å². The van der Waals surface area contributed by atoms with Crippen LogP contribution in [0.15, 0.2) is 11.6 Å². The van der Waals surface area contributed by atoms with E-state index < -0.39 is 0 Å². The van der Waals surface area contributed by atoms with E-state index in [1.807, 2.05) is 0 Å². The van der Waals surface area contributed by atoms with Crippen molar-refractivity contribution < 1.29 is 4.79 Å². The van der Waals surface area contributed by atoms with Gasteiger partial charge in [0.05, 0.1) is 5.03 Å². The minimum Gasteiger partial charge on any atom is -0.344 e. The van der Waals surface area contributed by atoms with Gasteiger partial charge in [0.15, 0.2) is 0 Å². The molecule has 0 unspecified atom stereocenters. The lowest BCUT2D eigenvalue weighted by molar-refractivity contribution is -0.124. The maximum atomic E-state index is 10.5. The van der Waals surface area contributed by atoms with Gasteiger partial charge in [-0.05, 0) is 0 Å². The highest BCUT2D eigenvalue weighted by molar-refractivity contribution is 6.41. The Morgan fingerprint density at radius 2 is 2.00 bits per heavy atom. The zero-order chi connectivity index (χ0) is 6.73. The van der Waals surface area contributed by atoms with Crippen LogP contribution in [0.5, 0.6) is 0 Å². The normalized spacial score (nSPS) is 8.38. The molecule has 0 bridgehead atoms. The first kappa shape index (κ1) is 7.50.